The second-order valence-electron chi connectivity index (χ2n) is 4.12. The van der Waals surface area contributed by atoms with Gasteiger partial charge in [0.15, 0.2) is 0 Å². The molecule has 1 atom stereocenters. The number of rotatable bonds is 5. The molecular formula is C11H23N2O. The van der Waals surface area contributed by atoms with Crippen molar-refractivity contribution in [1.82, 2.24) is 9.80 Å². The summed E-state index contributed by atoms with van der Waals surface area (Å²) in [6.45, 7) is 9.57. The molecule has 1 radical (unpaired) electrons. The lowest BCUT2D eigenvalue weighted by Gasteiger charge is -2.36. The molecule has 0 bridgehead atoms. The van der Waals surface area contributed by atoms with Gasteiger partial charge in [-0.05, 0) is 19.4 Å². The third-order valence-corrected chi connectivity index (χ3v) is 2.89. The standard InChI is InChI=1S/C11H23N2O/c1-3-5-11(14)13-9-7-12(6-4-2)8-10-13/h11H,3-10H2,1-2H3. The zero-order valence-corrected chi connectivity index (χ0v) is 9.54. The molecule has 0 N–H and O–H groups in total. The lowest BCUT2D eigenvalue weighted by Crippen LogP contribution is -2.50. The summed E-state index contributed by atoms with van der Waals surface area (Å²) in [4.78, 5) is 4.55. The molecule has 1 fully saturated rings. The Morgan fingerprint density at radius 1 is 1.07 bits per heavy atom. The van der Waals surface area contributed by atoms with Crippen LogP contribution in [0.15, 0.2) is 0 Å². The third kappa shape index (κ3) is 3.56. The van der Waals surface area contributed by atoms with Crippen LogP contribution in [0.1, 0.15) is 33.1 Å². The van der Waals surface area contributed by atoms with Crippen LogP contribution in [0.3, 0.4) is 0 Å². The lowest BCUT2D eigenvalue weighted by atomic mass is 10.2. The first-order valence-electron chi connectivity index (χ1n) is 5.90. The highest BCUT2D eigenvalue weighted by Gasteiger charge is 2.21. The Morgan fingerprint density at radius 2 is 1.71 bits per heavy atom. The maximum atomic E-state index is 11.7. The molecule has 14 heavy (non-hydrogen) atoms. The summed E-state index contributed by atoms with van der Waals surface area (Å²) in [5.41, 5.74) is 0. The van der Waals surface area contributed by atoms with Gasteiger partial charge in [0.1, 0.15) is 6.23 Å². The molecule has 83 valence electrons. The molecule has 0 spiro atoms. The van der Waals surface area contributed by atoms with Crippen LogP contribution >= 0.6 is 0 Å². The minimum Gasteiger partial charge on any atom is -0.301 e. The maximum absolute atomic E-state index is 11.7. The van der Waals surface area contributed by atoms with Gasteiger partial charge in [-0.1, -0.05) is 20.3 Å². The quantitative estimate of drug-likeness (QED) is 0.672. The molecule has 1 unspecified atom stereocenters. The van der Waals surface area contributed by atoms with Crippen molar-refractivity contribution in [2.45, 2.75) is 39.3 Å². The van der Waals surface area contributed by atoms with Crippen LogP contribution in [0.4, 0.5) is 0 Å². The molecule has 0 aliphatic carbocycles. The summed E-state index contributed by atoms with van der Waals surface area (Å²) in [6.07, 6.45) is 2.57. The van der Waals surface area contributed by atoms with Crippen LogP contribution in [0.25, 0.3) is 0 Å². The van der Waals surface area contributed by atoms with E-state index in [0.717, 1.165) is 39.0 Å². The molecule has 3 heteroatoms. The van der Waals surface area contributed by atoms with Crippen molar-refractivity contribution in [3.63, 3.8) is 0 Å². The molecule has 1 aliphatic heterocycles. The van der Waals surface area contributed by atoms with Gasteiger partial charge in [-0.25, -0.2) is 5.11 Å². The van der Waals surface area contributed by atoms with Crippen molar-refractivity contribution in [3.8, 4) is 0 Å². The van der Waals surface area contributed by atoms with E-state index >= 15 is 0 Å². The largest absolute Gasteiger partial charge is 0.301 e. The van der Waals surface area contributed by atoms with Gasteiger partial charge >= 0.3 is 0 Å². The van der Waals surface area contributed by atoms with E-state index < -0.39 is 6.23 Å². The predicted octanol–water partition coefficient (Wildman–Crippen LogP) is 1.57. The van der Waals surface area contributed by atoms with Gasteiger partial charge in [0, 0.05) is 26.2 Å². The number of piperazine rings is 1. The fraction of sp³-hybridized carbons (Fsp3) is 1.00. The molecule has 1 rings (SSSR count). The first-order valence-corrected chi connectivity index (χ1v) is 5.90. The van der Waals surface area contributed by atoms with Crippen molar-refractivity contribution >= 4 is 0 Å². The first kappa shape index (κ1) is 12.0. The molecule has 0 aromatic rings. The third-order valence-electron chi connectivity index (χ3n) is 2.89. The van der Waals surface area contributed by atoms with Gasteiger partial charge in [0.05, 0.1) is 0 Å². The van der Waals surface area contributed by atoms with Gasteiger partial charge in [-0.2, -0.15) is 0 Å². The molecular weight excluding hydrogens is 176 g/mol. The Balaban J connectivity index is 2.21. The van der Waals surface area contributed by atoms with E-state index in [2.05, 4.69) is 23.6 Å². The SMILES string of the molecule is CCCC([O])N1CCN(CCC)CC1. The topological polar surface area (TPSA) is 26.4 Å². The molecule has 1 saturated heterocycles. The van der Waals surface area contributed by atoms with E-state index in [-0.39, 0.29) is 0 Å². The lowest BCUT2D eigenvalue weighted by molar-refractivity contribution is -0.0724. The van der Waals surface area contributed by atoms with E-state index in [0.29, 0.717) is 0 Å². The second-order valence-corrected chi connectivity index (χ2v) is 4.12. The monoisotopic (exact) mass is 199 g/mol. The van der Waals surface area contributed by atoms with Crippen LogP contribution in [0.2, 0.25) is 0 Å². The summed E-state index contributed by atoms with van der Waals surface area (Å²) in [5, 5.41) is 11.7. The van der Waals surface area contributed by atoms with Crippen LogP contribution in [0, 0.1) is 0 Å². The van der Waals surface area contributed by atoms with Crippen LogP contribution in [-0.2, 0) is 5.11 Å². The predicted molar refractivity (Wildman–Crippen MR) is 57.7 cm³/mol. The van der Waals surface area contributed by atoms with Crippen molar-refractivity contribution in [2.75, 3.05) is 32.7 Å². The number of hydrogen-bond donors (Lipinski definition) is 0. The van der Waals surface area contributed by atoms with Crippen LogP contribution in [-0.4, -0.2) is 48.8 Å². The normalized spacial score (nSPS) is 22.5. The molecule has 0 aromatic carbocycles. The number of hydrogen-bond acceptors (Lipinski definition) is 2. The van der Waals surface area contributed by atoms with Crippen molar-refractivity contribution < 1.29 is 5.11 Å². The van der Waals surface area contributed by atoms with Gasteiger partial charge in [-0.15, -0.1) is 0 Å². The van der Waals surface area contributed by atoms with E-state index in [9.17, 15) is 5.11 Å². The van der Waals surface area contributed by atoms with E-state index in [4.69, 9.17) is 0 Å². The molecule has 3 nitrogen and oxygen atoms in total. The van der Waals surface area contributed by atoms with Crippen molar-refractivity contribution in [1.29, 1.82) is 0 Å². The minimum atomic E-state index is -0.455. The van der Waals surface area contributed by atoms with Gasteiger partial charge < -0.3 is 4.90 Å². The highest BCUT2D eigenvalue weighted by Crippen LogP contribution is 2.09. The minimum absolute atomic E-state index is 0.455. The Kier molecular flexibility index (Phi) is 5.45. The van der Waals surface area contributed by atoms with E-state index in [1.165, 1.54) is 13.0 Å². The summed E-state index contributed by atoms with van der Waals surface area (Å²) < 4.78 is 0. The Bertz CT molecular complexity index is 144. The summed E-state index contributed by atoms with van der Waals surface area (Å²) in [6, 6.07) is 0. The Morgan fingerprint density at radius 3 is 2.21 bits per heavy atom. The average molecular weight is 199 g/mol. The van der Waals surface area contributed by atoms with Gasteiger partial charge in [-0.3, -0.25) is 4.90 Å². The van der Waals surface area contributed by atoms with Crippen LogP contribution < -0.4 is 0 Å². The molecule has 1 heterocycles. The van der Waals surface area contributed by atoms with Gasteiger partial charge in [0.25, 0.3) is 0 Å². The smallest absolute Gasteiger partial charge is 0.146 e. The molecule has 1 aliphatic rings. The summed E-state index contributed by atoms with van der Waals surface area (Å²) in [7, 11) is 0. The summed E-state index contributed by atoms with van der Waals surface area (Å²) in [5.74, 6) is 0. The highest BCUT2D eigenvalue weighted by molar-refractivity contribution is 4.73. The summed E-state index contributed by atoms with van der Waals surface area (Å²) >= 11 is 0. The van der Waals surface area contributed by atoms with Crippen molar-refractivity contribution in [3.05, 3.63) is 0 Å². The maximum Gasteiger partial charge on any atom is 0.146 e. The Labute approximate surface area is 87.7 Å². The molecule has 0 amide bonds. The zero-order chi connectivity index (χ0) is 10.4. The van der Waals surface area contributed by atoms with E-state index in [1.54, 1.807) is 0 Å². The fourth-order valence-corrected chi connectivity index (χ4v) is 2.02. The average Bonchev–Trinajstić information content (AvgIpc) is 2.20. The van der Waals surface area contributed by atoms with Crippen molar-refractivity contribution in [2.24, 2.45) is 0 Å². The number of nitrogens with zero attached hydrogens (tertiary/aromatic N) is 2. The zero-order valence-electron chi connectivity index (χ0n) is 9.54. The van der Waals surface area contributed by atoms with Gasteiger partial charge in [0.2, 0.25) is 0 Å². The van der Waals surface area contributed by atoms with Crippen LogP contribution in [0.5, 0.6) is 0 Å². The first-order chi connectivity index (χ1) is 6.77. The second kappa shape index (κ2) is 6.38. The highest BCUT2D eigenvalue weighted by atomic mass is 16.3. The molecule has 0 saturated carbocycles. The Hall–Kier alpha value is -0.120. The van der Waals surface area contributed by atoms with E-state index in [1.807, 2.05) is 0 Å². The fourth-order valence-electron chi connectivity index (χ4n) is 2.02. The molecule has 0 aromatic heterocycles.